The van der Waals surface area contributed by atoms with Crippen LogP contribution in [0.15, 0.2) is 18.2 Å². The topological polar surface area (TPSA) is 24.5 Å². The fourth-order valence-electron chi connectivity index (χ4n) is 1.97. The maximum atomic E-state index is 13.0. The van der Waals surface area contributed by atoms with Crippen LogP contribution in [0.4, 0.5) is 4.39 Å². The lowest BCUT2D eigenvalue weighted by Crippen LogP contribution is -2.34. The van der Waals surface area contributed by atoms with Gasteiger partial charge in [0, 0.05) is 31.6 Å². The van der Waals surface area contributed by atoms with Crippen LogP contribution >= 0.6 is 0 Å². The van der Waals surface area contributed by atoms with Crippen LogP contribution in [0, 0.1) is 5.82 Å². The molecule has 1 atom stereocenters. The second-order valence-corrected chi connectivity index (χ2v) is 4.70. The predicted molar refractivity (Wildman–Crippen MR) is 65.9 cm³/mol. The van der Waals surface area contributed by atoms with Gasteiger partial charge in [0.05, 0.1) is 0 Å². The molecular weight excluding hydrogens is 219 g/mol. The van der Waals surface area contributed by atoms with Crippen molar-refractivity contribution in [1.29, 1.82) is 0 Å². The molecule has 4 heteroatoms. The summed E-state index contributed by atoms with van der Waals surface area (Å²) >= 11 is 0. The first-order valence-electron chi connectivity index (χ1n) is 5.95. The van der Waals surface area contributed by atoms with E-state index in [4.69, 9.17) is 4.74 Å². The fraction of sp³-hybridized carbons (Fsp3) is 0.538. The molecule has 94 valence electrons. The average molecular weight is 238 g/mol. The van der Waals surface area contributed by atoms with E-state index in [0.29, 0.717) is 0 Å². The van der Waals surface area contributed by atoms with Crippen molar-refractivity contribution in [2.75, 3.05) is 33.7 Å². The largest absolute Gasteiger partial charge is 0.488 e. The maximum absolute atomic E-state index is 13.0. The number of hydrogen-bond donors (Lipinski definition) is 1. The Morgan fingerprint density at radius 2 is 2.29 bits per heavy atom. The van der Waals surface area contributed by atoms with Gasteiger partial charge in [-0.05, 0) is 32.3 Å². The Hall–Kier alpha value is -1.13. The monoisotopic (exact) mass is 238 g/mol. The summed E-state index contributed by atoms with van der Waals surface area (Å²) in [5.41, 5.74) is 0.976. The van der Waals surface area contributed by atoms with Crippen molar-refractivity contribution in [3.05, 3.63) is 29.6 Å². The molecule has 1 aliphatic heterocycles. The molecule has 17 heavy (non-hydrogen) atoms. The van der Waals surface area contributed by atoms with Crippen molar-refractivity contribution < 1.29 is 9.13 Å². The summed E-state index contributed by atoms with van der Waals surface area (Å²) in [6.45, 7) is 2.76. The van der Waals surface area contributed by atoms with E-state index in [9.17, 15) is 4.39 Å². The van der Waals surface area contributed by atoms with Crippen LogP contribution in [-0.4, -0.2) is 44.7 Å². The molecule has 1 unspecified atom stereocenters. The molecule has 0 radical (unpaired) electrons. The van der Waals surface area contributed by atoms with Gasteiger partial charge in [-0.1, -0.05) is 0 Å². The van der Waals surface area contributed by atoms with Crippen molar-refractivity contribution in [2.45, 2.75) is 12.5 Å². The second-order valence-electron chi connectivity index (χ2n) is 4.70. The smallest absolute Gasteiger partial charge is 0.123 e. The van der Waals surface area contributed by atoms with E-state index in [1.165, 1.54) is 6.07 Å². The highest BCUT2D eigenvalue weighted by Gasteiger charge is 2.22. The first-order chi connectivity index (χ1) is 8.15. The molecule has 0 saturated heterocycles. The van der Waals surface area contributed by atoms with Gasteiger partial charge in [-0.3, -0.25) is 0 Å². The molecule has 0 aromatic heterocycles. The minimum Gasteiger partial charge on any atom is -0.488 e. The number of nitrogens with one attached hydrogen (secondary N) is 1. The minimum atomic E-state index is -0.187. The van der Waals surface area contributed by atoms with Crippen molar-refractivity contribution in [2.24, 2.45) is 0 Å². The SMILES string of the molecule is CN(C)CCNCC1Cc2cc(F)ccc2O1. The lowest BCUT2D eigenvalue weighted by Gasteiger charge is -2.14. The van der Waals surface area contributed by atoms with Crippen LogP contribution in [0.25, 0.3) is 0 Å². The van der Waals surface area contributed by atoms with Gasteiger partial charge in [0.2, 0.25) is 0 Å². The highest BCUT2D eigenvalue weighted by Crippen LogP contribution is 2.28. The number of ether oxygens (including phenoxy) is 1. The molecule has 3 nitrogen and oxygen atoms in total. The van der Waals surface area contributed by atoms with E-state index in [-0.39, 0.29) is 11.9 Å². The van der Waals surface area contributed by atoms with Gasteiger partial charge in [0.25, 0.3) is 0 Å². The summed E-state index contributed by atoms with van der Waals surface area (Å²) < 4.78 is 18.7. The van der Waals surface area contributed by atoms with Gasteiger partial charge in [-0.2, -0.15) is 0 Å². The third-order valence-electron chi connectivity index (χ3n) is 2.87. The van der Waals surface area contributed by atoms with Crippen LogP contribution in [0.1, 0.15) is 5.56 Å². The molecule has 1 N–H and O–H groups in total. The minimum absolute atomic E-state index is 0.133. The number of fused-ring (bicyclic) bond motifs is 1. The Balaban J connectivity index is 1.76. The van der Waals surface area contributed by atoms with E-state index < -0.39 is 0 Å². The Morgan fingerprint density at radius 1 is 1.47 bits per heavy atom. The summed E-state index contributed by atoms with van der Waals surface area (Å²) in [6, 6.07) is 4.72. The van der Waals surface area contributed by atoms with Gasteiger partial charge in [0.1, 0.15) is 17.7 Å². The summed E-state index contributed by atoms with van der Waals surface area (Å²) in [5, 5.41) is 3.35. The van der Waals surface area contributed by atoms with E-state index >= 15 is 0 Å². The van der Waals surface area contributed by atoms with E-state index in [1.54, 1.807) is 12.1 Å². The number of halogens is 1. The fourth-order valence-corrected chi connectivity index (χ4v) is 1.97. The zero-order valence-electron chi connectivity index (χ0n) is 10.4. The summed E-state index contributed by atoms with van der Waals surface area (Å²) in [4.78, 5) is 2.13. The number of nitrogens with zero attached hydrogens (tertiary/aromatic N) is 1. The third kappa shape index (κ3) is 3.41. The molecule has 0 spiro atoms. The van der Waals surface area contributed by atoms with Gasteiger partial charge in [0.15, 0.2) is 0 Å². The van der Waals surface area contributed by atoms with Crippen molar-refractivity contribution >= 4 is 0 Å². The maximum Gasteiger partial charge on any atom is 0.123 e. The van der Waals surface area contributed by atoms with Crippen LogP contribution in [-0.2, 0) is 6.42 Å². The number of benzene rings is 1. The Bertz CT molecular complexity index is 382. The van der Waals surface area contributed by atoms with Crippen LogP contribution < -0.4 is 10.1 Å². The van der Waals surface area contributed by atoms with Gasteiger partial charge >= 0.3 is 0 Å². The van der Waals surface area contributed by atoms with Crippen LogP contribution in [0.3, 0.4) is 0 Å². The van der Waals surface area contributed by atoms with Crippen molar-refractivity contribution in [3.8, 4) is 5.75 Å². The quantitative estimate of drug-likeness (QED) is 0.782. The molecule has 1 aliphatic rings. The van der Waals surface area contributed by atoms with Crippen LogP contribution in [0.2, 0.25) is 0 Å². The van der Waals surface area contributed by atoms with Gasteiger partial charge in [-0.15, -0.1) is 0 Å². The van der Waals surface area contributed by atoms with Gasteiger partial charge < -0.3 is 15.0 Å². The number of hydrogen-bond acceptors (Lipinski definition) is 3. The number of rotatable bonds is 5. The second kappa shape index (κ2) is 5.47. The first kappa shape index (κ1) is 12.3. The lowest BCUT2D eigenvalue weighted by molar-refractivity contribution is 0.225. The van der Waals surface area contributed by atoms with Crippen molar-refractivity contribution in [1.82, 2.24) is 10.2 Å². The predicted octanol–water partition coefficient (Wildman–Crippen LogP) is 1.28. The molecular formula is C13H19FN2O. The van der Waals surface area contributed by atoms with E-state index in [0.717, 1.165) is 37.4 Å². The van der Waals surface area contributed by atoms with Gasteiger partial charge in [-0.25, -0.2) is 4.39 Å². The molecule has 1 heterocycles. The molecule has 0 saturated carbocycles. The normalized spacial score (nSPS) is 18.2. The summed E-state index contributed by atoms with van der Waals surface area (Å²) in [7, 11) is 4.10. The summed E-state index contributed by atoms with van der Waals surface area (Å²) in [5.74, 6) is 0.638. The molecule has 1 aromatic rings. The highest BCUT2D eigenvalue weighted by atomic mass is 19.1. The van der Waals surface area contributed by atoms with Crippen molar-refractivity contribution in [3.63, 3.8) is 0 Å². The Morgan fingerprint density at radius 3 is 3.06 bits per heavy atom. The van der Waals surface area contributed by atoms with E-state index in [1.807, 2.05) is 14.1 Å². The molecule has 0 amide bonds. The highest BCUT2D eigenvalue weighted by molar-refractivity contribution is 5.37. The molecule has 0 fully saturated rings. The molecule has 1 aromatic carbocycles. The Labute approximate surface area is 102 Å². The summed E-state index contributed by atoms with van der Waals surface area (Å²) in [6.07, 6.45) is 0.927. The number of likely N-dealkylation sites (N-methyl/N-ethyl adjacent to an activating group) is 1. The zero-order valence-corrected chi connectivity index (χ0v) is 10.4. The molecule has 2 rings (SSSR count). The zero-order chi connectivity index (χ0) is 12.3. The molecule has 0 aliphatic carbocycles. The Kier molecular flexibility index (Phi) is 3.97. The standard InChI is InChI=1S/C13H19FN2O/c1-16(2)6-5-15-9-12-8-10-7-11(14)3-4-13(10)17-12/h3-4,7,12,15H,5-6,8-9H2,1-2H3. The first-order valence-corrected chi connectivity index (χ1v) is 5.95. The molecule has 0 bridgehead atoms. The average Bonchev–Trinajstić information content (AvgIpc) is 2.66. The lowest BCUT2D eigenvalue weighted by atomic mass is 10.1. The van der Waals surface area contributed by atoms with E-state index in [2.05, 4.69) is 10.2 Å². The third-order valence-corrected chi connectivity index (χ3v) is 2.87. The van der Waals surface area contributed by atoms with Crippen LogP contribution in [0.5, 0.6) is 5.75 Å².